The van der Waals surface area contributed by atoms with Crippen LogP contribution in [0.2, 0.25) is 10.0 Å². The third-order valence-electron chi connectivity index (χ3n) is 3.62. The molecule has 0 aliphatic rings. The average molecular weight is 362 g/mol. The van der Waals surface area contributed by atoms with E-state index in [1.807, 2.05) is 6.92 Å². The molecule has 0 bridgehead atoms. The minimum Gasteiger partial charge on any atom is -0.469 e. The van der Waals surface area contributed by atoms with Crippen molar-refractivity contribution in [3.8, 4) is 0 Å². The second-order valence-electron chi connectivity index (χ2n) is 5.26. The van der Waals surface area contributed by atoms with Crippen molar-refractivity contribution in [2.24, 2.45) is 5.92 Å². The number of benzene rings is 1. The van der Waals surface area contributed by atoms with Crippen molar-refractivity contribution in [1.29, 1.82) is 0 Å². The molecule has 1 rings (SSSR count). The minimum atomic E-state index is -0.507. The van der Waals surface area contributed by atoms with Crippen LogP contribution in [0.1, 0.15) is 30.6 Å². The molecule has 23 heavy (non-hydrogen) atoms. The lowest BCUT2D eigenvalue weighted by Gasteiger charge is -2.31. The summed E-state index contributed by atoms with van der Waals surface area (Å²) < 4.78 is 4.70. The van der Waals surface area contributed by atoms with Crippen LogP contribution in [0, 0.1) is 5.92 Å². The van der Waals surface area contributed by atoms with Crippen LogP contribution in [-0.4, -0.2) is 48.2 Å². The fourth-order valence-electron chi connectivity index (χ4n) is 2.21. The summed E-state index contributed by atoms with van der Waals surface area (Å²) in [6.45, 7) is 3.48. The van der Waals surface area contributed by atoms with Crippen LogP contribution < -0.4 is 0 Å². The van der Waals surface area contributed by atoms with Gasteiger partial charge in [-0.2, -0.15) is 0 Å². The summed E-state index contributed by atoms with van der Waals surface area (Å²) in [4.78, 5) is 25.9. The first-order chi connectivity index (χ1) is 10.8. The van der Waals surface area contributed by atoms with Gasteiger partial charge in [0.25, 0.3) is 5.91 Å². The number of hydrogen-bond donors (Lipinski definition) is 1. The maximum atomic E-state index is 12.8. The first kappa shape index (κ1) is 19.7. The average Bonchev–Trinajstić information content (AvgIpc) is 2.55. The van der Waals surface area contributed by atoms with E-state index in [0.29, 0.717) is 17.0 Å². The Labute approximate surface area is 146 Å². The van der Waals surface area contributed by atoms with Crippen molar-refractivity contribution in [3.63, 3.8) is 0 Å². The van der Waals surface area contributed by atoms with E-state index >= 15 is 0 Å². The van der Waals surface area contributed by atoms with Crippen molar-refractivity contribution in [1.82, 2.24) is 4.90 Å². The number of amides is 1. The zero-order chi connectivity index (χ0) is 17.6. The maximum absolute atomic E-state index is 12.8. The van der Waals surface area contributed by atoms with Gasteiger partial charge in [-0.25, -0.2) is 0 Å². The van der Waals surface area contributed by atoms with Gasteiger partial charge in [0.1, 0.15) is 0 Å². The second-order valence-corrected chi connectivity index (χ2v) is 6.07. The summed E-state index contributed by atoms with van der Waals surface area (Å²) in [6.07, 6.45) is 0.553. The van der Waals surface area contributed by atoms with Crippen molar-refractivity contribution in [2.45, 2.75) is 26.3 Å². The zero-order valence-corrected chi connectivity index (χ0v) is 14.9. The van der Waals surface area contributed by atoms with E-state index in [1.54, 1.807) is 19.1 Å². The predicted molar refractivity (Wildman–Crippen MR) is 89.8 cm³/mol. The third kappa shape index (κ3) is 5.09. The molecule has 0 fully saturated rings. The Morgan fingerprint density at radius 1 is 1.30 bits per heavy atom. The lowest BCUT2D eigenvalue weighted by Crippen LogP contribution is -2.45. The number of ether oxygens (including phenoxy) is 1. The molecule has 7 heteroatoms. The standard InChI is InChI=1S/C16H21Cl2NO4/c1-4-12(9-20)19(8-10(2)16(22)23-3)15(21)11-5-6-13(17)14(18)7-11/h5-7,10,12,20H,4,8-9H2,1-3H3. The van der Waals surface area contributed by atoms with Crippen LogP contribution in [0.25, 0.3) is 0 Å². The number of esters is 1. The van der Waals surface area contributed by atoms with Gasteiger partial charge in [-0.3, -0.25) is 9.59 Å². The Bertz CT molecular complexity index is 561. The molecule has 128 valence electrons. The third-order valence-corrected chi connectivity index (χ3v) is 4.36. The second kappa shape index (κ2) is 9.11. The zero-order valence-electron chi connectivity index (χ0n) is 13.4. The molecule has 1 aromatic rings. The molecule has 1 N–H and O–H groups in total. The molecule has 0 heterocycles. The van der Waals surface area contributed by atoms with E-state index in [1.165, 1.54) is 18.1 Å². The van der Waals surface area contributed by atoms with Crippen molar-refractivity contribution in [3.05, 3.63) is 33.8 Å². The van der Waals surface area contributed by atoms with E-state index in [4.69, 9.17) is 27.9 Å². The lowest BCUT2D eigenvalue weighted by atomic mass is 10.1. The monoisotopic (exact) mass is 361 g/mol. The first-order valence-corrected chi connectivity index (χ1v) is 8.05. The molecule has 5 nitrogen and oxygen atoms in total. The first-order valence-electron chi connectivity index (χ1n) is 7.30. The van der Waals surface area contributed by atoms with Crippen LogP contribution in [0.15, 0.2) is 18.2 Å². The number of aliphatic hydroxyl groups excluding tert-OH is 1. The summed E-state index contributed by atoms with van der Waals surface area (Å²) in [5.74, 6) is -1.24. The normalized spacial score (nSPS) is 13.3. The molecule has 2 unspecified atom stereocenters. The Hall–Kier alpha value is -1.30. The van der Waals surface area contributed by atoms with Crippen LogP contribution in [-0.2, 0) is 9.53 Å². The van der Waals surface area contributed by atoms with Gasteiger partial charge in [0.05, 0.1) is 35.7 Å². The van der Waals surface area contributed by atoms with Gasteiger partial charge in [-0.05, 0) is 24.6 Å². The predicted octanol–water partition coefficient (Wildman–Crippen LogP) is 3.02. The molecule has 0 radical (unpaired) electrons. The minimum absolute atomic E-state index is 0.144. The van der Waals surface area contributed by atoms with E-state index in [-0.39, 0.29) is 24.1 Å². The van der Waals surface area contributed by atoms with Gasteiger partial charge < -0.3 is 14.7 Å². The van der Waals surface area contributed by atoms with Gasteiger partial charge in [-0.1, -0.05) is 37.0 Å². The number of rotatable bonds is 7. The summed E-state index contributed by atoms with van der Waals surface area (Å²) >= 11 is 11.8. The maximum Gasteiger partial charge on any atom is 0.310 e. The Morgan fingerprint density at radius 2 is 1.96 bits per heavy atom. The van der Waals surface area contributed by atoms with Crippen molar-refractivity contribution >= 4 is 35.1 Å². The van der Waals surface area contributed by atoms with Gasteiger partial charge in [-0.15, -0.1) is 0 Å². The van der Waals surface area contributed by atoms with Crippen LogP contribution in [0.5, 0.6) is 0 Å². The Balaban J connectivity index is 3.09. The molecule has 0 saturated heterocycles. The SMILES string of the molecule is CCC(CO)N(CC(C)C(=O)OC)C(=O)c1ccc(Cl)c(Cl)c1. The number of nitrogens with zero attached hydrogens (tertiary/aromatic N) is 1. The van der Waals surface area contributed by atoms with Gasteiger partial charge in [0, 0.05) is 12.1 Å². The van der Waals surface area contributed by atoms with Crippen LogP contribution in [0.3, 0.4) is 0 Å². The number of carbonyl (C=O) groups is 2. The summed E-state index contributed by atoms with van der Waals surface area (Å²) in [5.41, 5.74) is 0.350. The van der Waals surface area contributed by atoms with Crippen molar-refractivity contribution < 1.29 is 19.4 Å². The number of hydrogen-bond acceptors (Lipinski definition) is 4. The van der Waals surface area contributed by atoms with E-state index < -0.39 is 17.9 Å². The van der Waals surface area contributed by atoms with Crippen molar-refractivity contribution in [2.75, 3.05) is 20.3 Å². The van der Waals surface area contributed by atoms with Crippen LogP contribution in [0.4, 0.5) is 0 Å². The fourth-order valence-corrected chi connectivity index (χ4v) is 2.51. The highest BCUT2D eigenvalue weighted by Gasteiger charge is 2.27. The topological polar surface area (TPSA) is 66.8 Å². The lowest BCUT2D eigenvalue weighted by molar-refractivity contribution is -0.145. The fraction of sp³-hybridized carbons (Fsp3) is 0.500. The van der Waals surface area contributed by atoms with E-state index in [9.17, 15) is 14.7 Å². The van der Waals surface area contributed by atoms with E-state index in [2.05, 4.69) is 0 Å². The summed E-state index contributed by atoms with van der Waals surface area (Å²) in [7, 11) is 1.30. The molecular weight excluding hydrogens is 341 g/mol. The largest absolute Gasteiger partial charge is 0.469 e. The number of carbonyl (C=O) groups excluding carboxylic acids is 2. The molecule has 1 aromatic carbocycles. The Morgan fingerprint density at radius 3 is 2.43 bits per heavy atom. The van der Waals surface area contributed by atoms with Gasteiger partial charge in [0.2, 0.25) is 0 Å². The van der Waals surface area contributed by atoms with Gasteiger partial charge in [0.15, 0.2) is 0 Å². The van der Waals surface area contributed by atoms with Crippen LogP contribution >= 0.6 is 23.2 Å². The summed E-state index contributed by atoms with van der Waals surface area (Å²) in [6, 6.07) is 4.19. The molecule has 0 aliphatic heterocycles. The quantitative estimate of drug-likeness (QED) is 0.758. The van der Waals surface area contributed by atoms with Gasteiger partial charge >= 0.3 is 5.97 Å². The molecule has 1 amide bonds. The molecular formula is C16H21Cl2NO4. The smallest absolute Gasteiger partial charge is 0.310 e. The Kier molecular flexibility index (Phi) is 7.82. The molecule has 0 aliphatic carbocycles. The highest BCUT2D eigenvalue weighted by atomic mass is 35.5. The van der Waals surface area contributed by atoms with E-state index in [0.717, 1.165) is 0 Å². The molecule has 0 spiro atoms. The summed E-state index contributed by atoms with van der Waals surface area (Å²) in [5, 5.41) is 10.2. The molecule has 2 atom stereocenters. The highest BCUT2D eigenvalue weighted by Crippen LogP contribution is 2.24. The molecule has 0 saturated carbocycles. The number of methoxy groups -OCH3 is 1. The number of aliphatic hydroxyl groups is 1. The number of halogens is 2. The molecule has 0 aromatic heterocycles. The highest BCUT2D eigenvalue weighted by molar-refractivity contribution is 6.42.